The highest BCUT2D eigenvalue weighted by molar-refractivity contribution is 5.73. The van der Waals surface area contributed by atoms with Gasteiger partial charge in [-0.15, -0.1) is 0 Å². The van der Waals surface area contributed by atoms with Crippen molar-refractivity contribution < 1.29 is 9.90 Å². The van der Waals surface area contributed by atoms with Gasteiger partial charge in [0.25, 0.3) is 0 Å². The normalized spacial score (nSPS) is 35.4. The summed E-state index contributed by atoms with van der Waals surface area (Å²) in [5, 5.41) is 11.8. The summed E-state index contributed by atoms with van der Waals surface area (Å²) in [5.74, 6) is -0.707. The Kier molecular flexibility index (Phi) is 2.51. The minimum atomic E-state index is -0.707. The van der Waals surface area contributed by atoms with E-state index in [0.29, 0.717) is 6.04 Å². The lowest BCUT2D eigenvalue weighted by Crippen LogP contribution is -2.34. The summed E-state index contributed by atoms with van der Waals surface area (Å²) in [6.07, 6.45) is 3.32. The van der Waals surface area contributed by atoms with Gasteiger partial charge in [0.1, 0.15) is 6.04 Å². The van der Waals surface area contributed by atoms with Crippen LogP contribution in [0.4, 0.5) is 0 Å². The number of carboxylic acids is 1. The maximum atomic E-state index is 10.7. The molecule has 0 saturated carbocycles. The molecule has 2 saturated heterocycles. The third-order valence-electron chi connectivity index (χ3n) is 3.06. The second-order valence-electron chi connectivity index (χ2n) is 3.93. The van der Waals surface area contributed by atoms with Crippen LogP contribution in [0.2, 0.25) is 0 Å². The van der Waals surface area contributed by atoms with E-state index in [2.05, 4.69) is 10.2 Å². The maximum absolute atomic E-state index is 10.7. The summed E-state index contributed by atoms with van der Waals surface area (Å²) in [6, 6.07) is 0.147. The molecule has 2 rings (SSSR count). The molecule has 2 unspecified atom stereocenters. The van der Waals surface area contributed by atoms with Crippen LogP contribution < -0.4 is 5.32 Å². The van der Waals surface area contributed by atoms with Crippen molar-refractivity contribution in [3.05, 3.63) is 0 Å². The van der Waals surface area contributed by atoms with E-state index in [9.17, 15) is 4.79 Å². The van der Waals surface area contributed by atoms with Gasteiger partial charge in [-0.05, 0) is 32.4 Å². The van der Waals surface area contributed by atoms with Crippen LogP contribution in [-0.2, 0) is 4.79 Å². The number of likely N-dealkylation sites (tertiary alicyclic amines) is 1. The highest BCUT2D eigenvalue weighted by atomic mass is 16.4. The predicted octanol–water partition coefficient (Wildman–Crippen LogP) is -0.103. The Labute approximate surface area is 77.9 Å². The van der Waals surface area contributed by atoms with E-state index < -0.39 is 5.97 Å². The van der Waals surface area contributed by atoms with Crippen molar-refractivity contribution in [1.29, 1.82) is 0 Å². The van der Waals surface area contributed by atoms with E-state index in [1.165, 1.54) is 12.8 Å². The number of hydrogen-bond acceptors (Lipinski definition) is 3. The Morgan fingerprint density at radius 3 is 2.62 bits per heavy atom. The zero-order valence-corrected chi connectivity index (χ0v) is 7.70. The van der Waals surface area contributed by atoms with Crippen LogP contribution in [0.25, 0.3) is 0 Å². The molecular formula is C9H16N2O2. The predicted molar refractivity (Wildman–Crippen MR) is 48.6 cm³/mol. The average Bonchev–Trinajstić information content (AvgIpc) is 2.75. The van der Waals surface area contributed by atoms with Gasteiger partial charge in [0.05, 0.1) is 0 Å². The molecule has 4 nitrogen and oxygen atoms in total. The van der Waals surface area contributed by atoms with Crippen LogP contribution >= 0.6 is 0 Å². The number of hydrogen-bond donors (Lipinski definition) is 2. The summed E-state index contributed by atoms with van der Waals surface area (Å²) in [5.41, 5.74) is 0. The zero-order valence-electron chi connectivity index (χ0n) is 7.70. The number of carboxylic acid groups (broad SMARTS) is 1. The molecular weight excluding hydrogens is 168 g/mol. The molecule has 0 bridgehead atoms. The highest BCUT2D eigenvalue weighted by Crippen LogP contribution is 2.18. The summed E-state index contributed by atoms with van der Waals surface area (Å²) in [6.45, 7) is 3.15. The molecule has 2 aliphatic heterocycles. The number of aliphatic carboxylic acids is 1. The van der Waals surface area contributed by atoms with Gasteiger partial charge < -0.3 is 10.4 Å². The molecule has 2 heterocycles. The van der Waals surface area contributed by atoms with E-state index in [4.69, 9.17) is 5.11 Å². The Bertz CT molecular complexity index is 202. The topological polar surface area (TPSA) is 52.6 Å². The molecule has 0 radical (unpaired) electrons. The van der Waals surface area contributed by atoms with Gasteiger partial charge in [-0.3, -0.25) is 9.69 Å². The second-order valence-corrected chi connectivity index (χ2v) is 3.93. The third kappa shape index (κ3) is 1.84. The molecule has 2 atom stereocenters. The van der Waals surface area contributed by atoms with Gasteiger partial charge in [-0.1, -0.05) is 0 Å². The van der Waals surface area contributed by atoms with Crippen molar-refractivity contribution in [3.8, 4) is 0 Å². The van der Waals surface area contributed by atoms with E-state index in [1.807, 2.05) is 0 Å². The summed E-state index contributed by atoms with van der Waals surface area (Å²) < 4.78 is 0. The van der Waals surface area contributed by atoms with Crippen LogP contribution in [-0.4, -0.2) is 47.7 Å². The van der Waals surface area contributed by atoms with Crippen molar-refractivity contribution in [2.24, 2.45) is 0 Å². The molecule has 0 aliphatic carbocycles. The lowest BCUT2D eigenvalue weighted by atomic mass is 10.1. The molecule has 2 N–H and O–H groups in total. The molecule has 0 aromatic heterocycles. The van der Waals surface area contributed by atoms with E-state index in [0.717, 1.165) is 26.1 Å². The smallest absolute Gasteiger partial charge is 0.320 e. The van der Waals surface area contributed by atoms with E-state index in [-0.39, 0.29) is 6.04 Å². The maximum Gasteiger partial charge on any atom is 0.320 e. The van der Waals surface area contributed by atoms with Gasteiger partial charge >= 0.3 is 5.97 Å². The first-order valence-electron chi connectivity index (χ1n) is 4.97. The lowest BCUT2D eigenvalue weighted by Gasteiger charge is -2.21. The molecule has 4 heteroatoms. The van der Waals surface area contributed by atoms with Crippen LogP contribution in [0.15, 0.2) is 0 Å². The monoisotopic (exact) mass is 184 g/mol. The Hall–Kier alpha value is -0.610. The standard InChI is InChI=1S/C9H16N2O2/c12-9(13)8-5-7(6-10-8)11-3-1-2-4-11/h7-8,10H,1-6H2,(H,12,13). The lowest BCUT2D eigenvalue weighted by molar-refractivity contribution is -0.139. The Morgan fingerprint density at radius 1 is 1.38 bits per heavy atom. The van der Waals surface area contributed by atoms with Crippen LogP contribution in [0.3, 0.4) is 0 Å². The molecule has 0 aromatic carbocycles. The Balaban J connectivity index is 1.86. The first-order valence-corrected chi connectivity index (χ1v) is 4.97. The van der Waals surface area contributed by atoms with Crippen molar-refractivity contribution in [1.82, 2.24) is 10.2 Å². The fraction of sp³-hybridized carbons (Fsp3) is 0.889. The Morgan fingerprint density at radius 2 is 2.08 bits per heavy atom. The summed E-state index contributed by atoms with van der Waals surface area (Å²) in [7, 11) is 0. The molecule has 2 aliphatic rings. The fourth-order valence-electron chi connectivity index (χ4n) is 2.29. The van der Waals surface area contributed by atoms with Gasteiger partial charge in [0.15, 0.2) is 0 Å². The van der Waals surface area contributed by atoms with E-state index >= 15 is 0 Å². The van der Waals surface area contributed by atoms with E-state index in [1.54, 1.807) is 0 Å². The number of nitrogens with zero attached hydrogens (tertiary/aromatic N) is 1. The van der Waals surface area contributed by atoms with Crippen LogP contribution in [0.1, 0.15) is 19.3 Å². The van der Waals surface area contributed by atoms with Gasteiger partial charge in [-0.2, -0.15) is 0 Å². The molecule has 74 valence electrons. The average molecular weight is 184 g/mol. The number of rotatable bonds is 2. The van der Waals surface area contributed by atoms with Gasteiger partial charge in [0.2, 0.25) is 0 Å². The van der Waals surface area contributed by atoms with Crippen molar-refractivity contribution in [2.45, 2.75) is 31.3 Å². The number of carbonyl (C=O) groups is 1. The summed E-state index contributed by atoms with van der Waals surface area (Å²) >= 11 is 0. The van der Waals surface area contributed by atoms with Crippen LogP contribution in [0, 0.1) is 0 Å². The minimum absolute atomic E-state index is 0.314. The van der Waals surface area contributed by atoms with Crippen LogP contribution in [0.5, 0.6) is 0 Å². The molecule has 0 aromatic rings. The number of nitrogens with one attached hydrogen (secondary N) is 1. The van der Waals surface area contributed by atoms with Crippen molar-refractivity contribution in [3.63, 3.8) is 0 Å². The largest absolute Gasteiger partial charge is 0.480 e. The highest BCUT2D eigenvalue weighted by Gasteiger charge is 2.33. The third-order valence-corrected chi connectivity index (χ3v) is 3.06. The summed E-state index contributed by atoms with van der Waals surface area (Å²) in [4.78, 5) is 13.1. The quantitative estimate of drug-likeness (QED) is 0.629. The van der Waals surface area contributed by atoms with Gasteiger partial charge in [0, 0.05) is 12.6 Å². The first kappa shape index (κ1) is 8.97. The second kappa shape index (κ2) is 3.64. The molecule has 2 fully saturated rings. The molecule has 0 spiro atoms. The molecule has 13 heavy (non-hydrogen) atoms. The zero-order chi connectivity index (χ0) is 9.26. The van der Waals surface area contributed by atoms with Gasteiger partial charge in [-0.25, -0.2) is 0 Å². The van der Waals surface area contributed by atoms with Crippen molar-refractivity contribution in [2.75, 3.05) is 19.6 Å². The first-order chi connectivity index (χ1) is 6.27. The SMILES string of the molecule is O=C(O)C1CC(N2CCCC2)CN1. The molecule has 0 amide bonds. The van der Waals surface area contributed by atoms with Crippen molar-refractivity contribution >= 4 is 5.97 Å². The minimum Gasteiger partial charge on any atom is -0.480 e. The fourth-order valence-corrected chi connectivity index (χ4v) is 2.29.